The van der Waals surface area contributed by atoms with E-state index in [-0.39, 0.29) is 41.5 Å². The van der Waals surface area contributed by atoms with Gasteiger partial charge in [0, 0.05) is 36.7 Å². The molecule has 4 rings (SSSR count). The van der Waals surface area contributed by atoms with Gasteiger partial charge in [-0.15, -0.1) is 0 Å². The number of nitrogens with two attached hydrogens (primary N) is 1. The van der Waals surface area contributed by atoms with Gasteiger partial charge in [0.05, 0.1) is 37.8 Å². The predicted octanol–water partition coefficient (Wildman–Crippen LogP) is 3.83. The van der Waals surface area contributed by atoms with Crippen molar-refractivity contribution in [1.29, 1.82) is 0 Å². The second-order valence-electron chi connectivity index (χ2n) is 8.18. The molecule has 2 heterocycles. The zero-order valence-electron chi connectivity index (χ0n) is 20.9. The van der Waals surface area contributed by atoms with Crippen molar-refractivity contribution >= 4 is 23.1 Å². The molecule has 2 aromatic heterocycles. The van der Waals surface area contributed by atoms with Gasteiger partial charge in [0.25, 0.3) is 5.91 Å². The van der Waals surface area contributed by atoms with E-state index >= 15 is 4.39 Å². The van der Waals surface area contributed by atoms with Crippen LogP contribution in [0.15, 0.2) is 42.9 Å². The lowest BCUT2D eigenvalue weighted by atomic mass is 10.0. The number of ether oxygens (including phenoxy) is 2. The van der Waals surface area contributed by atoms with Gasteiger partial charge < -0.3 is 25.8 Å². The van der Waals surface area contributed by atoms with E-state index in [1.807, 2.05) is 6.92 Å². The molecule has 1 amide bonds. The van der Waals surface area contributed by atoms with Crippen LogP contribution in [-0.4, -0.2) is 53.7 Å². The third kappa shape index (κ3) is 5.41. The van der Waals surface area contributed by atoms with Crippen LogP contribution < -0.4 is 21.1 Å². The summed E-state index contributed by atoms with van der Waals surface area (Å²) < 4.78 is 55.7. The van der Waals surface area contributed by atoms with Crippen LogP contribution in [0.5, 0.6) is 5.75 Å². The van der Waals surface area contributed by atoms with Gasteiger partial charge in [-0.05, 0) is 36.2 Å². The highest BCUT2D eigenvalue weighted by Crippen LogP contribution is 2.32. The van der Waals surface area contributed by atoms with E-state index in [0.29, 0.717) is 36.5 Å². The Morgan fingerprint density at radius 1 is 1.13 bits per heavy atom. The van der Waals surface area contributed by atoms with Crippen LogP contribution in [0.3, 0.4) is 0 Å². The van der Waals surface area contributed by atoms with Gasteiger partial charge in [0.15, 0.2) is 23.0 Å². The molecule has 0 saturated heterocycles. The number of rotatable bonds is 11. The maximum Gasteiger partial charge on any atom is 0.254 e. The summed E-state index contributed by atoms with van der Waals surface area (Å²) in [5.41, 5.74) is 6.70. The highest BCUT2D eigenvalue weighted by molar-refractivity contribution is 5.96. The second kappa shape index (κ2) is 11.9. The van der Waals surface area contributed by atoms with Crippen LogP contribution in [0.25, 0.3) is 16.9 Å². The lowest BCUT2D eigenvalue weighted by molar-refractivity contribution is 0.0915. The molecule has 4 aromatic rings. The van der Waals surface area contributed by atoms with Gasteiger partial charge >= 0.3 is 0 Å². The molecule has 9 nitrogen and oxygen atoms in total. The highest BCUT2D eigenvalue weighted by atomic mass is 19.2. The molecule has 200 valence electrons. The normalized spacial score (nSPS) is 11.1. The molecule has 0 aliphatic heterocycles. The summed E-state index contributed by atoms with van der Waals surface area (Å²) in [6.07, 6.45) is 4.78. The fraction of sp³-hybridized carbons (Fsp3) is 0.269. The van der Waals surface area contributed by atoms with Crippen molar-refractivity contribution in [3.05, 3.63) is 71.4 Å². The Morgan fingerprint density at radius 2 is 1.95 bits per heavy atom. The summed E-state index contributed by atoms with van der Waals surface area (Å²) in [4.78, 5) is 21.2. The van der Waals surface area contributed by atoms with Crippen LogP contribution in [0.2, 0.25) is 0 Å². The maximum atomic E-state index is 15.1. The number of imidazole rings is 1. The molecule has 0 aliphatic rings. The molecule has 0 spiro atoms. The summed E-state index contributed by atoms with van der Waals surface area (Å²) >= 11 is 0. The number of fused-ring (bicyclic) bond motifs is 1. The van der Waals surface area contributed by atoms with Crippen LogP contribution in [0.1, 0.15) is 22.8 Å². The number of hydrogen-bond donors (Lipinski definition) is 3. The van der Waals surface area contributed by atoms with Crippen LogP contribution in [0.4, 0.5) is 24.7 Å². The number of carbonyl (C=O) groups excluding carboxylic acids is 1. The Kier molecular flexibility index (Phi) is 8.44. The molecular formula is C26H27F3N6O3. The quantitative estimate of drug-likeness (QED) is 0.254. The molecule has 2 aromatic carbocycles. The molecule has 0 bridgehead atoms. The number of nitrogens with one attached hydrogen (secondary N) is 2. The Bertz CT molecular complexity index is 1460. The summed E-state index contributed by atoms with van der Waals surface area (Å²) in [6, 6.07) is 5.56. The largest absolute Gasteiger partial charge is 0.494 e. The second-order valence-corrected chi connectivity index (χ2v) is 8.18. The lowest BCUT2D eigenvalue weighted by Crippen LogP contribution is -2.29. The lowest BCUT2D eigenvalue weighted by Gasteiger charge is -2.14. The topological polar surface area (TPSA) is 116 Å². The van der Waals surface area contributed by atoms with Crippen molar-refractivity contribution in [2.45, 2.75) is 13.3 Å². The highest BCUT2D eigenvalue weighted by Gasteiger charge is 2.21. The fourth-order valence-corrected chi connectivity index (χ4v) is 4.01. The van der Waals surface area contributed by atoms with Gasteiger partial charge in [-0.25, -0.2) is 18.7 Å². The first kappa shape index (κ1) is 26.9. The number of halogens is 3. The average Bonchev–Trinajstić information content (AvgIpc) is 3.34. The van der Waals surface area contributed by atoms with Crippen molar-refractivity contribution in [2.24, 2.45) is 5.73 Å². The first-order valence-corrected chi connectivity index (χ1v) is 11.9. The fourth-order valence-electron chi connectivity index (χ4n) is 4.01. The summed E-state index contributed by atoms with van der Waals surface area (Å²) in [5.74, 6) is -3.40. The average molecular weight is 529 g/mol. The Balaban J connectivity index is 1.61. The number of anilines is 2. The number of aromatic nitrogens is 3. The minimum absolute atomic E-state index is 0.0175. The van der Waals surface area contributed by atoms with Crippen LogP contribution >= 0.6 is 0 Å². The van der Waals surface area contributed by atoms with E-state index < -0.39 is 23.4 Å². The molecular weight excluding hydrogens is 501 g/mol. The van der Waals surface area contributed by atoms with Crippen molar-refractivity contribution in [1.82, 2.24) is 19.7 Å². The van der Waals surface area contributed by atoms with E-state index in [0.717, 1.165) is 0 Å². The number of aryl methyl sites for hydroxylation is 1. The molecule has 0 fully saturated rings. The minimum Gasteiger partial charge on any atom is -0.494 e. The van der Waals surface area contributed by atoms with Crippen LogP contribution in [0, 0.1) is 17.5 Å². The van der Waals surface area contributed by atoms with E-state index in [4.69, 9.17) is 15.2 Å². The number of benzene rings is 2. The molecule has 0 unspecified atom stereocenters. The zero-order chi connectivity index (χ0) is 27.2. The van der Waals surface area contributed by atoms with Crippen molar-refractivity contribution in [2.75, 3.05) is 38.7 Å². The third-order valence-corrected chi connectivity index (χ3v) is 5.81. The Labute approximate surface area is 216 Å². The molecule has 12 heteroatoms. The molecule has 0 radical (unpaired) electrons. The van der Waals surface area contributed by atoms with E-state index in [1.54, 1.807) is 12.3 Å². The number of carbonyl (C=O) groups is 1. The van der Waals surface area contributed by atoms with Gasteiger partial charge in [-0.1, -0.05) is 6.92 Å². The zero-order valence-corrected chi connectivity index (χ0v) is 20.9. The standard InChI is InChI=1S/C26H27F3N6O3/c1-3-15-12-16(13-18(27)21(15)26(36)32-8-11-38-10-6-30)34-24-25-33-14-19(35(25)9-7-31-24)17-4-5-20(37-2)23(29)22(17)28/h4-5,7,9,12-14H,3,6,8,10-11,30H2,1-2H3,(H,31,34)(H,32,36). The summed E-state index contributed by atoms with van der Waals surface area (Å²) in [7, 11) is 1.25. The van der Waals surface area contributed by atoms with Crippen molar-refractivity contribution in [3.63, 3.8) is 0 Å². The molecule has 38 heavy (non-hydrogen) atoms. The maximum absolute atomic E-state index is 15.1. The van der Waals surface area contributed by atoms with E-state index in [1.165, 1.54) is 42.1 Å². The van der Waals surface area contributed by atoms with Gasteiger partial charge in [-0.2, -0.15) is 4.39 Å². The van der Waals surface area contributed by atoms with E-state index in [9.17, 15) is 13.6 Å². The van der Waals surface area contributed by atoms with Crippen LogP contribution in [-0.2, 0) is 11.2 Å². The Hall–Kier alpha value is -4.16. The predicted molar refractivity (Wildman–Crippen MR) is 136 cm³/mol. The molecule has 0 atom stereocenters. The monoisotopic (exact) mass is 528 g/mol. The first-order chi connectivity index (χ1) is 18.4. The van der Waals surface area contributed by atoms with Gasteiger partial charge in [0.1, 0.15) is 5.82 Å². The number of hydrogen-bond acceptors (Lipinski definition) is 7. The van der Waals surface area contributed by atoms with E-state index in [2.05, 4.69) is 20.6 Å². The first-order valence-electron chi connectivity index (χ1n) is 11.9. The molecule has 0 aliphatic carbocycles. The van der Waals surface area contributed by atoms with Gasteiger partial charge in [-0.3, -0.25) is 9.20 Å². The Morgan fingerprint density at radius 3 is 2.68 bits per heavy atom. The number of methoxy groups -OCH3 is 1. The smallest absolute Gasteiger partial charge is 0.254 e. The number of nitrogens with zero attached hydrogens (tertiary/aromatic N) is 3. The third-order valence-electron chi connectivity index (χ3n) is 5.81. The SMILES string of the molecule is CCc1cc(Nc2nccn3c(-c4ccc(OC)c(F)c4F)cnc23)cc(F)c1C(=O)NCCOCCN. The summed E-state index contributed by atoms with van der Waals surface area (Å²) in [6.45, 7) is 3.03. The minimum atomic E-state index is -1.11. The van der Waals surface area contributed by atoms with Crippen molar-refractivity contribution < 1.29 is 27.4 Å². The molecule has 4 N–H and O–H groups in total. The van der Waals surface area contributed by atoms with Gasteiger partial charge in [0.2, 0.25) is 5.82 Å². The summed E-state index contributed by atoms with van der Waals surface area (Å²) in [5, 5.41) is 5.66. The van der Waals surface area contributed by atoms with Crippen molar-refractivity contribution in [3.8, 4) is 17.0 Å². The number of amides is 1. The molecule has 0 saturated carbocycles.